The number of hydrogen-bond acceptors (Lipinski definition) is 5. The number of ether oxygens (including phenoxy) is 2. The highest BCUT2D eigenvalue weighted by atomic mass is 79.9. The van der Waals surface area contributed by atoms with Crippen molar-refractivity contribution in [2.45, 2.75) is 43.4 Å². The summed E-state index contributed by atoms with van der Waals surface area (Å²) >= 11 is 7.25. The van der Waals surface area contributed by atoms with Crippen LogP contribution < -0.4 is 10.1 Å². The Kier molecular flexibility index (Phi) is 8.98. The maximum Gasteiger partial charge on any atom is 0.252 e. The fraction of sp³-hybridized carbons (Fsp3) is 0.257. The molecular formula is C35H32Br2N2O4. The minimum absolute atomic E-state index is 0.0267. The zero-order chi connectivity index (χ0) is 29.8. The Morgan fingerprint density at radius 1 is 0.930 bits per heavy atom. The van der Waals surface area contributed by atoms with Crippen LogP contribution >= 0.6 is 31.9 Å². The largest absolute Gasteiger partial charge is 0.494 e. The van der Waals surface area contributed by atoms with Gasteiger partial charge in [0, 0.05) is 40.0 Å². The lowest BCUT2D eigenvalue weighted by Gasteiger charge is -2.32. The van der Waals surface area contributed by atoms with Crippen LogP contribution in [0.25, 0.3) is 0 Å². The first-order chi connectivity index (χ1) is 20.9. The molecule has 4 aromatic carbocycles. The molecular weight excluding hydrogens is 672 g/mol. The van der Waals surface area contributed by atoms with Crippen LogP contribution in [0.3, 0.4) is 0 Å². The number of fused-ring (bicyclic) bond motifs is 1. The summed E-state index contributed by atoms with van der Waals surface area (Å²) in [6.45, 7) is 0.508. The van der Waals surface area contributed by atoms with Gasteiger partial charge < -0.3 is 19.9 Å². The van der Waals surface area contributed by atoms with Crippen LogP contribution in [0.1, 0.15) is 40.3 Å². The van der Waals surface area contributed by atoms with Crippen molar-refractivity contribution in [2.24, 2.45) is 4.99 Å². The lowest BCUT2D eigenvalue weighted by atomic mass is 9.81. The zero-order valence-corrected chi connectivity index (χ0v) is 26.7. The van der Waals surface area contributed by atoms with E-state index in [0.717, 1.165) is 38.5 Å². The molecule has 43 heavy (non-hydrogen) atoms. The standard InChI is InChI=1S/C35H32Br2N2O4/c36-28-14-10-23(11-15-28)32-35(22-27-8-3-4-9-31(27)37,34(41)38-29-20-25-6-1-2-7-26(25)21-29)39-33(43-32)24-12-16-30(17-13-24)42-19-5-18-40/h1-4,6-17,29,32,40H,5,18-22H2,(H,38,41)/t32-,35-/m1/s1. The summed E-state index contributed by atoms with van der Waals surface area (Å²) in [4.78, 5) is 19.8. The molecule has 8 heteroatoms. The summed E-state index contributed by atoms with van der Waals surface area (Å²) in [5, 5.41) is 12.4. The molecule has 0 saturated carbocycles. The molecule has 2 atom stereocenters. The van der Waals surface area contributed by atoms with E-state index in [4.69, 9.17) is 19.6 Å². The predicted molar refractivity (Wildman–Crippen MR) is 175 cm³/mol. The molecule has 1 aliphatic carbocycles. The SMILES string of the molecule is O=C(NC1Cc2ccccc2C1)[C@]1(Cc2ccccc2Br)N=C(c2ccc(OCCCO)cc2)O[C@@H]1c1ccc(Br)cc1. The summed E-state index contributed by atoms with van der Waals surface area (Å²) in [6.07, 6.45) is 1.81. The van der Waals surface area contributed by atoms with Crippen molar-refractivity contribution < 1.29 is 19.4 Å². The third-order valence-corrected chi connectivity index (χ3v) is 9.31. The van der Waals surface area contributed by atoms with Gasteiger partial charge in [0.1, 0.15) is 5.75 Å². The number of halogens is 2. The number of rotatable bonds is 10. The molecule has 220 valence electrons. The Hall–Kier alpha value is -3.46. The highest BCUT2D eigenvalue weighted by Gasteiger charge is 2.54. The number of benzene rings is 4. The first-order valence-corrected chi connectivity index (χ1v) is 16.0. The third-order valence-electron chi connectivity index (χ3n) is 8.01. The van der Waals surface area contributed by atoms with Crippen molar-refractivity contribution in [1.29, 1.82) is 0 Å². The van der Waals surface area contributed by atoms with Gasteiger partial charge in [-0.2, -0.15) is 0 Å². The van der Waals surface area contributed by atoms with E-state index in [0.29, 0.717) is 31.1 Å². The Balaban J connectivity index is 1.40. The van der Waals surface area contributed by atoms with Gasteiger partial charge >= 0.3 is 0 Å². The number of aliphatic hydroxyl groups excluding tert-OH is 1. The minimum Gasteiger partial charge on any atom is -0.494 e. The molecule has 0 unspecified atom stereocenters. The maximum absolute atomic E-state index is 14.7. The van der Waals surface area contributed by atoms with Gasteiger partial charge in [0.2, 0.25) is 5.90 Å². The van der Waals surface area contributed by atoms with Crippen molar-refractivity contribution in [3.05, 3.63) is 134 Å². The van der Waals surface area contributed by atoms with Gasteiger partial charge in [-0.05, 0) is 77.6 Å². The Labute approximate surface area is 268 Å². The van der Waals surface area contributed by atoms with E-state index < -0.39 is 11.6 Å². The number of amides is 1. The van der Waals surface area contributed by atoms with Crippen molar-refractivity contribution >= 4 is 43.7 Å². The van der Waals surface area contributed by atoms with Crippen LogP contribution in [0.2, 0.25) is 0 Å². The number of carbonyl (C=O) groups excluding carboxylic acids is 1. The first-order valence-electron chi connectivity index (χ1n) is 14.4. The van der Waals surface area contributed by atoms with E-state index >= 15 is 0 Å². The van der Waals surface area contributed by atoms with Gasteiger partial charge in [0.25, 0.3) is 5.91 Å². The monoisotopic (exact) mass is 702 g/mol. The quantitative estimate of drug-likeness (QED) is 0.179. The van der Waals surface area contributed by atoms with Gasteiger partial charge in [-0.25, -0.2) is 4.99 Å². The van der Waals surface area contributed by atoms with E-state index in [-0.39, 0.29) is 18.6 Å². The fourth-order valence-electron chi connectivity index (χ4n) is 5.82. The molecule has 2 aliphatic rings. The number of aliphatic imine (C=N–C) groups is 1. The lowest BCUT2D eigenvalue weighted by molar-refractivity contribution is -0.129. The second-order valence-electron chi connectivity index (χ2n) is 11.0. The molecule has 0 fully saturated rings. The van der Waals surface area contributed by atoms with Crippen LogP contribution in [0.5, 0.6) is 5.75 Å². The molecule has 6 rings (SSSR count). The molecule has 6 nitrogen and oxygen atoms in total. The van der Waals surface area contributed by atoms with E-state index in [1.54, 1.807) is 0 Å². The van der Waals surface area contributed by atoms with Gasteiger partial charge in [0.15, 0.2) is 11.6 Å². The predicted octanol–water partition coefficient (Wildman–Crippen LogP) is 6.76. The Morgan fingerprint density at radius 3 is 2.28 bits per heavy atom. The van der Waals surface area contributed by atoms with E-state index in [1.165, 1.54) is 11.1 Å². The number of hydrogen-bond donors (Lipinski definition) is 2. The number of aliphatic hydroxyl groups is 1. The van der Waals surface area contributed by atoms with Gasteiger partial charge in [-0.1, -0.05) is 86.5 Å². The van der Waals surface area contributed by atoms with E-state index in [9.17, 15) is 4.79 Å². The van der Waals surface area contributed by atoms with Gasteiger partial charge in [-0.15, -0.1) is 0 Å². The number of nitrogens with one attached hydrogen (secondary N) is 1. The summed E-state index contributed by atoms with van der Waals surface area (Å²) in [5.41, 5.74) is 3.86. The fourth-order valence-corrected chi connectivity index (χ4v) is 6.51. The molecule has 4 aromatic rings. The van der Waals surface area contributed by atoms with Crippen LogP contribution in [0.15, 0.2) is 111 Å². The van der Waals surface area contributed by atoms with Crippen molar-refractivity contribution in [3.8, 4) is 5.75 Å². The van der Waals surface area contributed by atoms with Gasteiger partial charge in [-0.3, -0.25) is 4.79 Å². The molecule has 0 aromatic heterocycles. The third kappa shape index (κ3) is 6.42. The maximum atomic E-state index is 14.7. The van der Waals surface area contributed by atoms with Gasteiger partial charge in [0.05, 0.1) is 6.61 Å². The second-order valence-corrected chi connectivity index (χ2v) is 12.7. The smallest absolute Gasteiger partial charge is 0.252 e. The topological polar surface area (TPSA) is 80.2 Å². The summed E-state index contributed by atoms with van der Waals surface area (Å²) < 4.78 is 14.3. The number of carbonyl (C=O) groups is 1. The van der Waals surface area contributed by atoms with E-state index in [2.05, 4.69) is 49.3 Å². The van der Waals surface area contributed by atoms with Crippen LogP contribution in [-0.2, 0) is 28.8 Å². The molecule has 2 N–H and O–H groups in total. The Morgan fingerprint density at radius 2 is 1.60 bits per heavy atom. The highest BCUT2D eigenvalue weighted by molar-refractivity contribution is 9.10. The minimum atomic E-state index is -1.27. The Bertz CT molecular complexity index is 1600. The molecule has 0 radical (unpaired) electrons. The summed E-state index contributed by atoms with van der Waals surface area (Å²) in [7, 11) is 0. The van der Waals surface area contributed by atoms with Crippen LogP contribution in [-0.4, -0.2) is 41.7 Å². The van der Waals surface area contributed by atoms with Crippen LogP contribution in [0, 0.1) is 0 Å². The molecule has 1 aliphatic heterocycles. The summed E-state index contributed by atoms with van der Waals surface area (Å²) in [6, 6.07) is 31.7. The zero-order valence-electron chi connectivity index (χ0n) is 23.5. The normalized spacial score (nSPS) is 19.4. The van der Waals surface area contributed by atoms with Crippen molar-refractivity contribution in [1.82, 2.24) is 5.32 Å². The average molecular weight is 704 g/mol. The number of nitrogens with zero attached hydrogens (tertiary/aromatic N) is 1. The molecule has 1 amide bonds. The molecule has 1 heterocycles. The lowest BCUT2D eigenvalue weighted by Crippen LogP contribution is -2.53. The average Bonchev–Trinajstić information content (AvgIpc) is 3.61. The second kappa shape index (κ2) is 13.0. The highest BCUT2D eigenvalue weighted by Crippen LogP contribution is 2.44. The summed E-state index contributed by atoms with van der Waals surface area (Å²) in [5.74, 6) is 0.943. The van der Waals surface area contributed by atoms with Crippen molar-refractivity contribution in [3.63, 3.8) is 0 Å². The van der Waals surface area contributed by atoms with E-state index in [1.807, 2.05) is 84.9 Å². The van der Waals surface area contributed by atoms with Crippen molar-refractivity contribution in [2.75, 3.05) is 13.2 Å². The molecule has 0 bridgehead atoms. The molecule has 0 spiro atoms. The first kappa shape index (κ1) is 29.6. The van der Waals surface area contributed by atoms with Crippen LogP contribution in [0.4, 0.5) is 0 Å². The molecule has 0 saturated heterocycles.